The van der Waals surface area contributed by atoms with Gasteiger partial charge in [-0.25, -0.2) is 0 Å². The highest BCUT2D eigenvalue weighted by Crippen LogP contribution is 2.16. The molecule has 0 radical (unpaired) electrons. The first-order valence-corrected chi connectivity index (χ1v) is 7.55. The number of hydrogen-bond acceptors (Lipinski definition) is 2. The Kier molecular flexibility index (Phi) is 12.3. The molecule has 2 heteroatoms. The first-order valence-electron chi connectivity index (χ1n) is 7.55. The van der Waals surface area contributed by atoms with Crippen LogP contribution in [0.3, 0.4) is 0 Å². The summed E-state index contributed by atoms with van der Waals surface area (Å²) in [5.74, 6) is 0.0829. The van der Waals surface area contributed by atoms with E-state index in [4.69, 9.17) is 5.11 Å². The maximum Gasteiger partial charge on any atom is 0.0590 e. The van der Waals surface area contributed by atoms with Gasteiger partial charge in [-0.2, -0.15) is 0 Å². The Morgan fingerprint density at radius 2 is 1.35 bits per heavy atom. The predicted octanol–water partition coefficient (Wildman–Crippen LogP) is 3.90. The van der Waals surface area contributed by atoms with E-state index in [0.29, 0.717) is 0 Å². The van der Waals surface area contributed by atoms with Gasteiger partial charge in [0, 0.05) is 12.5 Å². The lowest BCUT2D eigenvalue weighted by Gasteiger charge is -2.18. The van der Waals surface area contributed by atoms with Crippen molar-refractivity contribution >= 4 is 0 Å². The Bertz CT molecular complexity index is 144. The Labute approximate surface area is 107 Å². The normalized spacial score (nSPS) is 14.8. The van der Waals surface area contributed by atoms with E-state index in [1.165, 1.54) is 44.9 Å². The van der Waals surface area contributed by atoms with E-state index in [0.717, 1.165) is 19.3 Å². The summed E-state index contributed by atoms with van der Waals surface area (Å²) in [5, 5.41) is 18.9. The second-order valence-electron chi connectivity index (χ2n) is 5.18. The van der Waals surface area contributed by atoms with Crippen LogP contribution < -0.4 is 0 Å². The van der Waals surface area contributed by atoms with E-state index in [1.807, 2.05) is 6.92 Å². The van der Waals surface area contributed by atoms with Crippen LogP contribution in [0.25, 0.3) is 0 Å². The molecule has 0 amide bonds. The number of aliphatic hydroxyl groups is 2. The summed E-state index contributed by atoms with van der Waals surface area (Å²) in [5.41, 5.74) is 0. The van der Waals surface area contributed by atoms with Gasteiger partial charge < -0.3 is 10.2 Å². The van der Waals surface area contributed by atoms with Crippen LogP contribution in [0.1, 0.15) is 78.1 Å². The SMILES string of the molecule is CCCCCCCCCCC(O)C(CC)CO. The van der Waals surface area contributed by atoms with Crippen molar-refractivity contribution in [3.05, 3.63) is 0 Å². The largest absolute Gasteiger partial charge is 0.396 e. The molecule has 0 saturated carbocycles. The minimum atomic E-state index is -0.301. The van der Waals surface area contributed by atoms with Gasteiger partial charge in [0.25, 0.3) is 0 Å². The van der Waals surface area contributed by atoms with E-state index in [-0.39, 0.29) is 18.6 Å². The average Bonchev–Trinajstić information content (AvgIpc) is 2.34. The van der Waals surface area contributed by atoms with Gasteiger partial charge in [-0.3, -0.25) is 0 Å². The molecule has 2 unspecified atom stereocenters. The molecule has 0 aromatic heterocycles. The van der Waals surface area contributed by atoms with E-state index in [1.54, 1.807) is 0 Å². The second kappa shape index (κ2) is 12.4. The van der Waals surface area contributed by atoms with E-state index < -0.39 is 0 Å². The summed E-state index contributed by atoms with van der Waals surface area (Å²) in [4.78, 5) is 0. The summed E-state index contributed by atoms with van der Waals surface area (Å²) in [6.45, 7) is 4.39. The van der Waals surface area contributed by atoms with E-state index in [9.17, 15) is 5.11 Å². The molecule has 0 rings (SSSR count). The summed E-state index contributed by atoms with van der Waals surface area (Å²) >= 11 is 0. The molecule has 17 heavy (non-hydrogen) atoms. The highest BCUT2D eigenvalue weighted by Gasteiger charge is 2.15. The number of rotatable bonds is 12. The smallest absolute Gasteiger partial charge is 0.0590 e. The monoisotopic (exact) mass is 244 g/mol. The Balaban J connectivity index is 3.27. The molecule has 0 spiro atoms. The summed E-state index contributed by atoms with van der Waals surface area (Å²) in [6, 6.07) is 0. The van der Waals surface area contributed by atoms with Gasteiger partial charge in [-0.05, 0) is 12.8 Å². The molecule has 0 aliphatic carbocycles. The fraction of sp³-hybridized carbons (Fsp3) is 1.00. The first-order chi connectivity index (χ1) is 8.26. The third-order valence-electron chi connectivity index (χ3n) is 3.66. The van der Waals surface area contributed by atoms with Crippen molar-refractivity contribution in [2.45, 2.75) is 84.2 Å². The molecule has 0 bridgehead atoms. The fourth-order valence-corrected chi connectivity index (χ4v) is 2.25. The highest BCUT2D eigenvalue weighted by molar-refractivity contribution is 4.66. The van der Waals surface area contributed by atoms with Gasteiger partial charge in [0.05, 0.1) is 6.10 Å². The zero-order chi connectivity index (χ0) is 12.9. The molecule has 0 saturated heterocycles. The van der Waals surface area contributed by atoms with Gasteiger partial charge in [-0.15, -0.1) is 0 Å². The molecular weight excluding hydrogens is 212 g/mol. The average molecular weight is 244 g/mol. The van der Waals surface area contributed by atoms with Gasteiger partial charge in [-0.1, -0.05) is 65.2 Å². The highest BCUT2D eigenvalue weighted by atomic mass is 16.3. The maximum absolute atomic E-state index is 9.82. The third-order valence-corrected chi connectivity index (χ3v) is 3.66. The number of hydrogen-bond donors (Lipinski definition) is 2. The molecule has 2 nitrogen and oxygen atoms in total. The van der Waals surface area contributed by atoms with Crippen LogP contribution in [0.5, 0.6) is 0 Å². The minimum Gasteiger partial charge on any atom is -0.396 e. The lowest BCUT2D eigenvalue weighted by atomic mass is 9.95. The summed E-state index contributed by atoms with van der Waals surface area (Å²) in [6.07, 6.45) is 11.8. The molecule has 0 heterocycles. The molecule has 104 valence electrons. The maximum atomic E-state index is 9.82. The zero-order valence-corrected chi connectivity index (χ0v) is 11.8. The van der Waals surface area contributed by atoms with Crippen molar-refractivity contribution in [2.24, 2.45) is 5.92 Å². The van der Waals surface area contributed by atoms with E-state index >= 15 is 0 Å². The lowest BCUT2D eigenvalue weighted by Crippen LogP contribution is -2.22. The third kappa shape index (κ3) is 9.61. The zero-order valence-electron chi connectivity index (χ0n) is 11.8. The molecule has 0 aliphatic rings. The molecule has 0 aliphatic heterocycles. The number of unbranched alkanes of at least 4 members (excludes halogenated alkanes) is 7. The Morgan fingerprint density at radius 1 is 0.824 bits per heavy atom. The summed E-state index contributed by atoms with van der Waals surface area (Å²) in [7, 11) is 0. The van der Waals surface area contributed by atoms with Crippen LogP contribution in [-0.2, 0) is 0 Å². The van der Waals surface area contributed by atoms with Gasteiger partial charge >= 0.3 is 0 Å². The van der Waals surface area contributed by atoms with Crippen molar-refractivity contribution in [3.8, 4) is 0 Å². The predicted molar refractivity (Wildman–Crippen MR) is 74.1 cm³/mol. The van der Waals surface area contributed by atoms with Crippen molar-refractivity contribution in [3.63, 3.8) is 0 Å². The first kappa shape index (κ1) is 16.9. The van der Waals surface area contributed by atoms with Crippen molar-refractivity contribution in [2.75, 3.05) is 6.61 Å². The van der Waals surface area contributed by atoms with Gasteiger partial charge in [0.15, 0.2) is 0 Å². The minimum absolute atomic E-state index is 0.0829. The van der Waals surface area contributed by atoms with Crippen LogP contribution in [0.15, 0.2) is 0 Å². The van der Waals surface area contributed by atoms with Crippen LogP contribution in [0.2, 0.25) is 0 Å². The topological polar surface area (TPSA) is 40.5 Å². The molecule has 2 atom stereocenters. The van der Waals surface area contributed by atoms with Crippen molar-refractivity contribution in [1.82, 2.24) is 0 Å². The van der Waals surface area contributed by atoms with Gasteiger partial charge in [0.2, 0.25) is 0 Å². The molecule has 0 aromatic carbocycles. The van der Waals surface area contributed by atoms with E-state index in [2.05, 4.69) is 6.92 Å². The van der Waals surface area contributed by atoms with Crippen molar-refractivity contribution < 1.29 is 10.2 Å². The second-order valence-corrected chi connectivity index (χ2v) is 5.18. The van der Waals surface area contributed by atoms with Gasteiger partial charge in [0.1, 0.15) is 0 Å². The molecule has 0 fully saturated rings. The molecular formula is C15H32O2. The Morgan fingerprint density at radius 3 is 1.82 bits per heavy atom. The quantitative estimate of drug-likeness (QED) is 0.511. The van der Waals surface area contributed by atoms with Crippen LogP contribution in [0, 0.1) is 5.92 Å². The van der Waals surface area contributed by atoms with Crippen LogP contribution in [-0.4, -0.2) is 22.9 Å². The summed E-state index contributed by atoms with van der Waals surface area (Å²) < 4.78 is 0. The number of aliphatic hydroxyl groups excluding tert-OH is 2. The standard InChI is InChI=1S/C15H32O2/c1-3-5-6-7-8-9-10-11-12-15(17)14(4-2)13-16/h14-17H,3-13H2,1-2H3. The van der Waals surface area contributed by atoms with Crippen LogP contribution >= 0.6 is 0 Å². The Hall–Kier alpha value is -0.0800. The molecule has 2 N–H and O–H groups in total. The van der Waals surface area contributed by atoms with Crippen molar-refractivity contribution in [1.29, 1.82) is 0 Å². The fourth-order valence-electron chi connectivity index (χ4n) is 2.25. The lowest BCUT2D eigenvalue weighted by molar-refractivity contribution is 0.0569. The molecule has 0 aromatic rings. The van der Waals surface area contributed by atoms with Crippen LogP contribution in [0.4, 0.5) is 0 Å².